The number of hydrogen-bond acceptors (Lipinski definition) is 4. The maximum Gasteiger partial charge on any atom is 0.0923 e. The van der Waals surface area contributed by atoms with Crippen LogP contribution in [0.25, 0.3) is 0 Å². The highest BCUT2D eigenvalue weighted by atomic mass is 16.5. The molecule has 1 aromatic heterocycles. The molecule has 1 aromatic carbocycles. The van der Waals surface area contributed by atoms with E-state index in [-0.39, 0.29) is 5.41 Å². The Labute approximate surface area is 124 Å². The van der Waals surface area contributed by atoms with E-state index in [0.29, 0.717) is 24.5 Å². The lowest BCUT2D eigenvalue weighted by Crippen LogP contribution is -2.40. The van der Waals surface area contributed by atoms with Crippen molar-refractivity contribution in [2.75, 3.05) is 18.9 Å². The first-order valence-electron chi connectivity index (χ1n) is 7.25. The Bertz CT molecular complexity index is 595. The Morgan fingerprint density at radius 1 is 1.14 bits per heavy atom. The molecule has 1 fully saturated rings. The summed E-state index contributed by atoms with van der Waals surface area (Å²) in [5.41, 5.74) is 8.08. The SMILES string of the molecule is Nc1ccncc1C(O)C1(c2ccccc2)CCOCC1. The molecule has 110 valence electrons. The van der Waals surface area contributed by atoms with Crippen molar-refractivity contribution in [2.24, 2.45) is 0 Å². The summed E-state index contributed by atoms with van der Waals surface area (Å²) in [5.74, 6) is 0. The van der Waals surface area contributed by atoms with Crippen LogP contribution in [0.4, 0.5) is 5.69 Å². The number of nitrogen functional groups attached to an aromatic ring is 1. The molecule has 3 N–H and O–H groups in total. The normalized spacial score (nSPS) is 19.1. The minimum absolute atomic E-state index is 0.364. The first-order chi connectivity index (χ1) is 10.2. The number of aliphatic hydroxyl groups is 1. The summed E-state index contributed by atoms with van der Waals surface area (Å²) in [4.78, 5) is 4.11. The Morgan fingerprint density at radius 3 is 2.52 bits per heavy atom. The highest BCUT2D eigenvalue weighted by molar-refractivity contribution is 5.48. The summed E-state index contributed by atoms with van der Waals surface area (Å²) in [6.45, 7) is 1.29. The molecule has 0 bridgehead atoms. The predicted molar refractivity (Wildman–Crippen MR) is 81.8 cm³/mol. The molecule has 4 heteroatoms. The first-order valence-corrected chi connectivity index (χ1v) is 7.25. The van der Waals surface area contributed by atoms with Gasteiger partial charge in [0.25, 0.3) is 0 Å². The van der Waals surface area contributed by atoms with Crippen LogP contribution in [0.1, 0.15) is 30.1 Å². The predicted octanol–water partition coefficient (Wildman–Crippen LogP) is 2.45. The van der Waals surface area contributed by atoms with E-state index < -0.39 is 6.10 Å². The highest BCUT2D eigenvalue weighted by Gasteiger charge is 2.42. The molecule has 0 spiro atoms. The van der Waals surface area contributed by atoms with Gasteiger partial charge in [0.1, 0.15) is 0 Å². The van der Waals surface area contributed by atoms with Gasteiger partial charge in [-0.2, -0.15) is 0 Å². The van der Waals surface area contributed by atoms with Crippen LogP contribution in [0, 0.1) is 0 Å². The summed E-state index contributed by atoms with van der Waals surface area (Å²) < 4.78 is 5.50. The van der Waals surface area contributed by atoms with E-state index in [2.05, 4.69) is 17.1 Å². The van der Waals surface area contributed by atoms with Crippen molar-refractivity contribution in [1.82, 2.24) is 4.98 Å². The van der Waals surface area contributed by atoms with Gasteiger partial charge in [0.15, 0.2) is 0 Å². The van der Waals surface area contributed by atoms with Crippen LogP contribution in [0.2, 0.25) is 0 Å². The van der Waals surface area contributed by atoms with E-state index in [1.807, 2.05) is 18.2 Å². The van der Waals surface area contributed by atoms with Gasteiger partial charge in [-0.15, -0.1) is 0 Å². The van der Waals surface area contributed by atoms with Crippen molar-refractivity contribution in [3.8, 4) is 0 Å². The smallest absolute Gasteiger partial charge is 0.0923 e. The lowest BCUT2D eigenvalue weighted by molar-refractivity contribution is -0.0169. The maximum atomic E-state index is 11.1. The van der Waals surface area contributed by atoms with E-state index in [9.17, 15) is 5.11 Å². The van der Waals surface area contributed by atoms with Gasteiger partial charge in [-0.25, -0.2) is 0 Å². The average molecular weight is 284 g/mol. The van der Waals surface area contributed by atoms with E-state index in [1.165, 1.54) is 0 Å². The van der Waals surface area contributed by atoms with E-state index in [0.717, 1.165) is 18.4 Å². The van der Waals surface area contributed by atoms with Crippen LogP contribution >= 0.6 is 0 Å². The molecule has 0 amide bonds. The lowest BCUT2D eigenvalue weighted by Gasteiger charge is -2.42. The molecular weight excluding hydrogens is 264 g/mol. The van der Waals surface area contributed by atoms with Gasteiger partial charge < -0.3 is 15.6 Å². The van der Waals surface area contributed by atoms with Crippen LogP contribution in [0.3, 0.4) is 0 Å². The summed E-state index contributed by atoms with van der Waals surface area (Å²) in [7, 11) is 0. The number of rotatable bonds is 3. The molecule has 1 aliphatic rings. The number of ether oxygens (including phenoxy) is 1. The maximum absolute atomic E-state index is 11.1. The highest BCUT2D eigenvalue weighted by Crippen LogP contribution is 2.46. The van der Waals surface area contributed by atoms with Crippen LogP contribution in [0.5, 0.6) is 0 Å². The average Bonchev–Trinajstić information content (AvgIpc) is 2.56. The minimum atomic E-state index is -0.683. The number of benzene rings is 1. The molecule has 3 rings (SSSR count). The Morgan fingerprint density at radius 2 is 1.86 bits per heavy atom. The molecule has 1 saturated heterocycles. The van der Waals surface area contributed by atoms with E-state index >= 15 is 0 Å². The van der Waals surface area contributed by atoms with Gasteiger partial charge in [-0.05, 0) is 24.5 Å². The Balaban J connectivity index is 2.06. The number of anilines is 1. The summed E-state index contributed by atoms with van der Waals surface area (Å²) in [6.07, 6.45) is 4.17. The number of aliphatic hydroxyl groups excluding tert-OH is 1. The molecule has 0 aliphatic carbocycles. The fraction of sp³-hybridized carbons (Fsp3) is 0.353. The third-order valence-corrected chi connectivity index (χ3v) is 4.44. The van der Waals surface area contributed by atoms with Crippen molar-refractivity contribution in [1.29, 1.82) is 0 Å². The van der Waals surface area contributed by atoms with Crippen molar-refractivity contribution in [3.05, 3.63) is 59.9 Å². The van der Waals surface area contributed by atoms with Gasteiger partial charge in [-0.3, -0.25) is 4.98 Å². The van der Waals surface area contributed by atoms with Gasteiger partial charge in [0, 0.05) is 42.3 Å². The molecule has 0 saturated carbocycles. The van der Waals surface area contributed by atoms with Gasteiger partial charge in [-0.1, -0.05) is 30.3 Å². The number of nitrogens with two attached hydrogens (primary N) is 1. The van der Waals surface area contributed by atoms with Gasteiger partial charge in [0.2, 0.25) is 0 Å². The second kappa shape index (κ2) is 5.84. The minimum Gasteiger partial charge on any atom is -0.398 e. The molecule has 2 aromatic rings. The monoisotopic (exact) mass is 284 g/mol. The molecule has 4 nitrogen and oxygen atoms in total. The third kappa shape index (κ3) is 2.52. The van der Waals surface area contributed by atoms with Crippen molar-refractivity contribution < 1.29 is 9.84 Å². The van der Waals surface area contributed by atoms with E-state index in [4.69, 9.17) is 10.5 Å². The summed E-state index contributed by atoms with van der Waals surface area (Å²) >= 11 is 0. The van der Waals surface area contributed by atoms with Crippen LogP contribution in [-0.4, -0.2) is 23.3 Å². The van der Waals surface area contributed by atoms with Crippen molar-refractivity contribution in [2.45, 2.75) is 24.4 Å². The van der Waals surface area contributed by atoms with Crippen LogP contribution in [0.15, 0.2) is 48.8 Å². The summed E-state index contributed by atoms with van der Waals surface area (Å²) in [5, 5.41) is 11.1. The molecule has 21 heavy (non-hydrogen) atoms. The summed E-state index contributed by atoms with van der Waals surface area (Å²) in [6, 6.07) is 11.9. The topological polar surface area (TPSA) is 68.4 Å². The fourth-order valence-electron chi connectivity index (χ4n) is 3.17. The Hall–Kier alpha value is -1.91. The number of hydrogen-bond donors (Lipinski definition) is 2. The van der Waals surface area contributed by atoms with Gasteiger partial charge >= 0.3 is 0 Å². The lowest BCUT2D eigenvalue weighted by atomic mass is 9.68. The second-order valence-corrected chi connectivity index (χ2v) is 5.54. The largest absolute Gasteiger partial charge is 0.398 e. The number of aromatic nitrogens is 1. The zero-order chi connectivity index (χ0) is 14.7. The molecular formula is C17H20N2O2. The Kier molecular flexibility index (Phi) is 3.90. The van der Waals surface area contributed by atoms with Crippen LogP contribution < -0.4 is 5.73 Å². The van der Waals surface area contributed by atoms with E-state index in [1.54, 1.807) is 18.5 Å². The molecule has 1 unspecified atom stereocenters. The quantitative estimate of drug-likeness (QED) is 0.908. The van der Waals surface area contributed by atoms with Crippen molar-refractivity contribution >= 4 is 5.69 Å². The van der Waals surface area contributed by atoms with Crippen molar-refractivity contribution in [3.63, 3.8) is 0 Å². The van der Waals surface area contributed by atoms with Gasteiger partial charge in [0.05, 0.1) is 6.10 Å². The third-order valence-electron chi connectivity index (χ3n) is 4.44. The fourth-order valence-corrected chi connectivity index (χ4v) is 3.17. The zero-order valence-electron chi connectivity index (χ0n) is 11.9. The molecule has 0 radical (unpaired) electrons. The molecule has 1 aliphatic heterocycles. The molecule has 1 atom stereocenters. The van der Waals surface area contributed by atoms with Crippen LogP contribution in [-0.2, 0) is 10.2 Å². The second-order valence-electron chi connectivity index (χ2n) is 5.54. The zero-order valence-corrected chi connectivity index (χ0v) is 11.9. The number of nitrogens with zero attached hydrogens (tertiary/aromatic N) is 1. The standard InChI is InChI=1S/C17H20N2O2/c18-15-6-9-19-12-14(15)16(20)17(7-10-21-11-8-17)13-4-2-1-3-5-13/h1-6,9,12,16,20H,7-8,10-11H2,(H2,18,19). The molecule has 2 heterocycles. The number of pyridine rings is 1. The first kappa shape index (κ1) is 14.0.